The van der Waals surface area contributed by atoms with Gasteiger partial charge in [-0.05, 0) is 36.8 Å². The molecule has 2 aromatic rings. The highest BCUT2D eigenvalue weighted by atomic mass is 32.2. The molecular weight excluding hydrogens is 256 g/mol. The molecule has 0 fully saturated rings. The fourth-order valence-electron chi connectivity index (χ4n) is 1.77. The molecule has 100 valence electrons. The summed E-state index contributed by atoms with van der Waals surface area (Å²) in [5.74, 6) is 1.45. The first-order chi connectivity index (χ1) is 9.29. The second kappa shape index (κ2) is 7.22. The van der Waals surface area contributed by atoms with E-state index in [0.29, 0.717) is 12.4 Å². The average Bonchev–Trinajstić information content (AvgIpc) is 2.46. The van der Waals surface area contributed by atoms with Gasteiger partial charge in [-0.1, -0.05) is 30.3 Å². The molecule has 1 N–H and O–H groups in total. The molecule has 0 aliphatic rings. The number of aliphatic hydroxyl groups excluding tert-OH is 1. The van der Waals surface area contributed by atoms with Crippen molar-refractivity contribution >= 4 is 11.8 Å². The molecule has 2 aromatic carbocycles. The molecule has 19 heavy (non-hydrogen) atoms. The molecule has 0 heterocycles. The van der Waals surface area contributed by atoms with Crippen LogP contribution in [0.1, 0.15) is 18.6 Å². The topological polar surface area (TPSA) is 29.5 Å². The van der Waals surface area contributed by atoms with Crippen molar-refractivity contribution < 1.29 is 9.84 Å². The van der Waals surface area contributed by atoms with Gasteiger partial charge >= 0.3 is 0 Å². The van der Waals surface area contributed by atoms with Crippen LogP contribution in [0.5, 0.6) is 5.75 Å². The molecule has 0 spiro atoms. The van der Waals surface area contributed by atoms with Gasteiger partial charge < -0.3 is 9.84 Å². The van der Waals surface area contributed by atoms with Gasteiger partial charge in [0.15, 0.2) is 0 Å². The van der Waals surface area contributed by atoms with E-state index in [1.54, 1.807) is 11.8 Å². The lowest BCUT2D eigenvalue weighted by molar-refractivity contribution is 0.203. The van der Waals surface area contributed by atoms with E-state index in [9.17, 15) is 5.11 Å². The van der Waals surface area contributed by atoms with Crippen LogP contribution in [0.4, 0.5) is 0 Å². The van der Waals surface area contributed by atoms with E-state index in [0.717, 1.165) is 11.3 Å². The van der Waals surface area contributed by atoms with Gasteiger partial charge in [0.25, 0.3) is 0 Å². The van der Waals surface area contributed by atoms with Gasteiger partial charge in [-0.25, -0.2) is 0 Å². The lowest BCUT2D eigenvalue weighted by atomic mass is 10.1. The van der Waals surface area contributed by atoms with E-state index in [4.69, 9.17) is 4.74 Å². The maximum atomic E-state index is 10.2. The predicted octanol–water partition coefficient (Wildman–Crippen LogP) is 3.91. The fraction of sp³-hybridized carbons (Fsp3) is 0.250. The van der Waals surface area contributed by atoms with Crippen molar-refractivity contribution in [2.75, 3.05) is 12.4 Å². The van der Waals surface area contributed by atoms with Crippen molar-refractivity contribution in [3.8, 4) is 5.75 Å². The monoisotopic (exact) mass is 274 g/mol. The van der Waals surface area contributed by atoms with Crippen LogP contribution in [-0.2, 0) is 0 Å². The molecule has 1 unspecified atom stereocenters. The van der Waals surface area contributed by atoms with Crippen molar-refractivity contribution in [2.24, 2.45) is 0 Å². The Kier molecular flexibility index (Phi) is 5.31. The summed E-state index contributed by atoms with van der Waals surface area (Å²) < 4.78 is 5.44. The van der Waals surface area contributed by atoms with E-state index in [1.165, 1.54) is 4.90 Å². The van der Waals surface area contributed by atoms with Crippen molar-refractivity contribution in [1.29, 1.82) is 0 Å². The molecular formula is C16H18O2S. The Morgan fingerprint density at radius 1 is 1.11 bits per heavy atom. The number of aliphatic hydroxyl groups is 1. The zero-order valence-electron chi connectivity index (χ0n) is 11.0. The molecule has 2 nitrogen and oxygen atoms in total. The molecule has 0 aliphatic heterocycles. The third kappa shape index (κ3) is 4.30. The van der Waals surface area contributed by atoms with Gasteiger partial charge in [-0.3, -0.25) is 0 Å². The Bertz CT molecular complexity index is 499. The van der Waals surface area contributed by atoms with E-state index in [-0.39, 0.29) is 0 Å². The SMILES string of the molecule is CCOc1cccc(C(O)CSc2ccccc2)c1. The van der Waals surface area contributed by atoms with Gasteiger partial charge in [0.2, 0.25) is 0 Å². The second-order valence-electron chi connectivity index (χ2n) is 4.15. The van der Waals surface area contributed by atoms with E-state index in [2.05, 4.69) is 0 Å². The van der Waals surface area contributed by atoms with Crippen LogP contribution < -0.4 is 4.74 Å². The van der Waals surface area contributed by atoms with E-state index >= 15 is 0 Å². The largest absolute Gasteiger partial charge is 0.494 e. The molecule has 0 aliphatic carbocycles. The molecule has 2 rings (SSSR count). The Morgan fingerprint density at radius 3 is 2.63 bits per heavy atom. The van der Waals surface area contributed by atoms with Gasteiger partial charge in [0, 0.05) is 10.6 Å². The summed E-state index contributed by atoms with van der Waals surface area (Å²) in [4.78, 5) is 1.17. The maximum absolute atomic E-state index is 10.2. The molecule has 0 bridgehead atoms. The highest BCUT2D eigenvalue weighted by molar-refractivity contribution is 7.99. The quantitative estimate of drug-likeness (QED) is 0.810. The third-order valence-electron chi connectivity index (χ3n) is 2.70. The molecule has 0 saturated carbocycles. The van der Waals surface area contributed by atoms with Crippen molar-refractivity contribution in [3.05, 3.63) is 60.2 Å². The van der Waals surface area contributed by atoms with Crippen LogP contribution in [-0.4, -0.2) is 17.5 Å². The number of hydrogen-bond donors (Lipinski definition) is 1. The lowest BCUT2D eigenvalue weighted by Gasteiger charge is -2.12. The van der Waals surface area contributed by atoms with Gasteiger partial charge in [-0.15, -0.1) is 11.8 Å². The summed E-state index contributed by atoms with van der Waals surface area (Å²) in [6.07, 6.45) is -0.481. The van der Waals surface area contributed by atoms with Crippen LogP contribution in [0.15, 0.2) is 59.5 Å². The molecule has 0 aromatic heterocycles. The first-order valence-corrected chi connectivity index (χ1v) is 7.37. The summed E-state index contributed by atoms with van der Waals surface area (Å²) in [6, 6.07) is 17.8. The van der Waals surface area contributed by atoms with E-state index < -0.39 is 6.10 Å². The number of benzene rings is 2. The number of ether oxygens (including phenoxy) is 1. The Balaban J connectivity index is 1.95. The molecule has 0 radical (unpaired) electrons. The first kappa shape index (κ1) is 14.0. The average molecular weight is 274 g/mol. The minimum atomic E-state index is -0.481. The van der Waals surface area contributed by atoms with Crippen LogP contribution in [0.3, 0.4) is 0 Å². The van der Waals surface area contributed by atoms with Crippen molar-refractivity contribution in [3.63, 3.8) is 0 Å². The van der Waals surface area contributed by atoms with Gasteiger partial charge in [-0.2, -0.15) is 0 Å². The summed E-state index contributed by atoms with van der Waals surface area (Å²) >= 11 is 1.65. The predicted molar refractivity (Wildman–Crippen MR) is 79.7 cm³/mol. The number of hydrogen-bond acceptors (Lipinski definition) is 3. The second-order valence-corrected chi connectivity index (χ2v) is 5.24. The van der Waals surface area contributed by atoms with Crippen molar-refractivity contribution in [1.82, 2.24) is 0 Å². The Labute approximate surface area is 118 Å². The molecule has 1 atom stereocenters. The fourth-order valence-corrected chi connectivity index (χ4v) is 2.66. The lowest BCUT2D eigenvalue weighted by Crippen LogP contribution is -2.01. The first-order valence-electron chi connectivity index (χ1n) is 6.38. The molecule has 0 amide bonds. The molecule has 0 saturated heterocycles. The highest BCUT2D eigenvalue weighted by Gasteiger charge is 2.09. The third-order valence-corrected chi connectivity index (χ3v) is 3.79. The minimum absolute atomic E-state index is 0.481. The summed E-state index contributed by atoms with van der Waals surface area (Å²) in [5, 5.41) is 10.2. The zero-order chi connectivity index (χ0) is 13.5. The van der Waals surface area contributed by atoms with E-state index in [1.807, 2.05) is 61.5 Å². The van der Waals surface area contributed by atoms with Gasteiger partial charge in [0.05, 0.1) is 12.7 Å². The maximum Gasteiger partial charge on any atom is 0.119 e. The Hall–Kier alpha value is -1.45. The van der Waals surface area contributed by atoms with Crippen LogP contribution in [0.25, 0.3) is 0 Å². The minimum Gasteiger partial charge on any atom is -0.494 e. The smallest absolute Gasteiger partial charge is 0.119 e. The standard InChI is InChI=1S/C16H18O2S/c1-2-18-14-8-6-7-13(11-14)16(17)12-19-15-9-4-3-5-10-15/h3-11,16-17H,2,12H2,1H3. The summed E-state index contributed by atoms with van der Waals surface area (Å²) in [6.45, 7) is 2.59. The van der Waals surface area contributed by atoms with Crippen LogP contribution >= 0.6 is 11.8 Å². The van der Waals surface area contributed by atoms with Crippen LogP contribution in [0.2, 0.25) is 0 Å². The normalized spacial score (nSPS) is 12.1. The summed E-state index contributed by atoms with van der Waals surface area (Å²) in [5.41, 5.74) is 0.898. The summed E-state index contributed by atoms with van der Waals surface area (Å²) in [7, 11) is 0. The van der Waals surface area contributed by atoms with Crippen LogP contribution in [0, 0.1) is 0 Å². The number of thioether (sulfide) groups is 1. The molecule has 3 heteroatoms. The number of rotatable bonds is 6. The highest BCUT2D eigenvalue weighted by Crippen LogP contribution is 2.26. The Morgan fingerprint density at radius 2 is 1.89 bits per heavy atom. The van der Waals surface area contributed by atoms with Crippen molar-refractivity contribution in [2.45, 2.75) is 17.9 Å². The van der Waals surface area contributed by atoms with Gasteiger partial charge in [0.1, 0.15) is 5.75 Å². The zero-order valence-corrected chi connectivity index (χ0v) is 11.8.